The first-order chi connectivity index (χ1) is 8.79. The van der Waals surface area contributed by atoms with Crippen LogP contribution in [-0.2, 0) is 0 Å². The molecule has 0 fully saturated rings. The van der Waals surface area contributed by atoms with Crippen molar-refractivity contribution in [3.05, 3.63) is 47.6 Å². The largest absolute Gasteiger partial charge is 0.478 e. The van der Waals surface area contributed by atoms with Gasteiger partial charge in [0.2, 0.25) is 5.88 Å². The van der Waals surface area contributed by atoms with Gasteiger partial charge in [-0.05, 0) is 24.6 Å². The van der Waals surface area contributed by atoms with Crippen molar-refractivity contribution >= 4 is 23.0 Å². The molecule has 1 N–H and O–H groups in total. The lowest BCUT2D eigenvalue weighted by atomic mass is 10.3. The summed E-state index contributed by atoms with van der Waals surface area (Å²) in [7, 11) is 0. The number of hydrogen-bond acceptors (Lipinski definition) is 3. The first kappa shape index (κ1) is 12.7. The molecule has 0 amide bonds. The Kier molecular flexibility index (Phi) is 4.42. The van der Waals surface area contributed by atoms with E-state index in [0.29, 0.717) is 17.5 Å². The minimum Gasteiger partial charge on any atom is -0.478 e. The SMILES string of the molecule is CCCOc1ccc(Nc2ccccc2Cl)cn1. The number of nitrogens with one attached hydrogen (secondary N) is 1. The first-order valence-corrected chi connectivity index (χ1v) is 6.28. The van der Waals surface area contributed by atoms with Gasteiger partial charge in [0.25, 0.3) is 0 Å². The Balaban J connectivity index is 2.04. The molecule has 0 aliphatic rings. The number of benzene rings is 1. The van der Waals surface area contributed by atoms with Gasteiger partial charge >= 0.3 is 0 Å². The van der Waals surface area contributed by atoms with Crippen LogP contribution in [0, 0.1) is 0 Å². The third-order valence-corrected chi connectivity index (χ3v) is 2.67. The van der Waals surface area contributed by atoms with E-state index in [0.717, 1.165) is 17.8 Å². The third kappa shape index (κ3) is 3.37. The summed E-state index contributed by atoms with van der Waals surface area (Å²) in [4.78, 5) is 4.21. The molecule has 94 valence electrons. The Labute approximate surface area is 112 Å². The number of hydrogen-bond donors (Lipinski definition) is 1. The molecule has 1 aromatic carbocycles. The zero-order valence-corrected chi connectivity index (χ0v) is 10.9. The van der Waals surface area contributed by atoms with E-state index in [9.17, 15) is 0 Å². The molecule has 0 atom stereocenters. The zero-order chi connectivity index (χ0) is 12.8. The molecule has 0 aliphatic heterocycles. The Morgan fingerprint density at radius 2 is 2.06 bits per heavy atom. The molecule has 0 saturated carbocycles. The lowest BCUT2D eigenvalue weighted by Crippen LogP contribution is -1.98. The summed E-state index contributed by atoms with van der Waals surface area (Å²) in [5, 5.41) is 3.89. The summed E-state index contributed by atoms with van der Waals surface area (Å²) in [5.41, 5.74) is 1.75. The van der Waals surface area contributed by atoms with Crippen LogP contribution in [-0.4, -0.2) is 11.6 Å². The summed E-state index contributed by atoms with van der Waals surface area (Å²) in [6.45, 7) is 2.75. The number of nitrogens with zero attached hydrogens (tertiary/aromatic N) is 1. The van der Waals surface area contributed by atoms with Crippen LogP contribution in [0.5, 0.6) is 5.88 Å². The monoisotopic (exact) mass is 262 g/mol. The molecule has 0 radical (unpaired) electrons. The molecule has 0 unspecified atom stereocenters. The molecule has 0 aliphatic carbocycles. The van der Waals surface area contributed by atoms with Crippen LogP contribution in [0.2, 0.25) is 5.02 Å². The number of aromatic nitrogens is 1. The third-order valence-electron chi connectivity index (χ3n) is 2.34. The Morgan fingerprint density at radius 1 is 1.22 bits per heavy atom. The van der Waals surface area contributed by atoms with Crippen LogP contribution in [0.1, 0.15) is 13.3 Å². The van der Waals surface area contributed by atoms with Gasteiger partial charge < -0.3 is 10.1 Å². The zero-order valence-electron chi connectivity index (χ0n) is 10.2. The van der Waals surface area contributed by atoms with Gasteiger partial charge in [-0.2, -0.15) is 0 Å². The maximum atomic E-state index is 6.07. The molecule has 0 spiro atoms. The number of halogens is 1. The summed E-state index contributed by atoms with van der Waals surface area (Å²) in [5.74, 6) is 0.640. The second-order valence-corrected chi connectivity index (χ2v) is 4.25. The van der Waals surface area contributed by atoms with Gasteiger partial charge in [-0.3, -0.25) is 0 Å². The highest BCUT2D eigenvalue weighted by atomic mass is 35.5. The second kappa shape index (κ2) is 6.26. The molecule has 1 heterocycles. The highest BCUT2D eigenvalue weighted by molar-refractivity contribution is 6.33. The van der Waals surface area contributed by atoms with Crippen molar-refractivity contribution in [2.45, 2.75) is 13.3 Å². The van der Waals surface area contributed by atoms with Gasteiger partial charge in [0.1, 0.15) is 0 Å². The number of ether oxygens (including phenoxy) is 1. The van der Waals surface area contributed by atoms with E-state index < -0.39 is 0 Å². The minimum atomic E-state index is 0.640. The number of pyridine rings is 1. The maximum absolute atomic E-state index is 6.07. The van der Waals surface area contributed by atoms with E-state index in [1.165, 1.54) is 0 Å². The minimum absolute atomic E-state index is 0.640. The van der Waals surface area contributed by atoms with Gasteiger partial charge in [-0.1, -0.05) is 30.7 Å². The Morgan fingerprint density at radius 3 is 2.72 bits per heavy atom. The van der Waals surface area contributed by atoms with Crippen molar-refractivity contribution in [2.75, 3.05) is 11.9 Å². The van der Waals surface area contributed by atoms with E-state index >= 15 is 0 Å². The van der Waals surface area contributed by atoms with Gasteiger partial charge in [0.05, 0.1) is 29.2 Å². The van der Waals surface area contributed by atoms with Gasteiger partial charge in [-0.25, -0.2) is 4.98 Å². The molecule has 2 rings (SSSR count). The fourth-order valence-corrected chi connectivity index (χ4v) is 1.65. The van der Waals surface area contributed by atoms with E-state index in [-0.39, 0.29) is 0 Å². The van der Waals surface area contributed by atoms with Crippen LogP contribution in [0.15, 0.2) is 42.6 Å². The van der Waals surface area contributed by atoms with Crippen molar-refractivity contribution < 1.29 is 4.74 Å². The van der Waals surface area contributed by atoms with Crippen LogP contribution in [0.3, 0.4) is 0 Å². The average Bonchev–Trinajstić information content (AvgIpc) is 2.41. The van der Waals surface area contributed by atoms with Crippen molar-refractivity contribution in [3.63, 3.8) is 0 Å². The summed E-state index contributed by atoms with van der Waals surface area (Å²) in [6.07, 6.45) is 2.70. The Hall–Kier alpha value is -1.74. The van der Waals surface area contributed by atoms with Crippen LogP contribution >= 0.6 is 11.6 Å². The summed E-state index contributed by atoms with van der Waals surface area (Å²) in [6, 6.07) is 11.4. The van der Waals surface area contributed by atoms with E-state index in [4.69, 9.17) is 16.3 Å². The van der Waals surface area contributed by atoms with Crippen molar-refractivity contribution in [1.29, 1.82) is 0 Å². The summed E-state index contributed by atoms with van der Waals surface area (Å²) >= 11 is 6.07. The smallest absolute Gasteiger partial charge is 0.213 e. The van der Waals surface area contributed by atoms with Crippen LogP contribution < -0.4 is 10.1 Å². The first-order valence-electron chi connectivity index (χ1n) is 5.90. The standard InChI is InChI=1S/C14H15ClN2O/c1-2-9-18-14-8-7-11(10-16-14)17-13-6-4-3-5-12(13)15/h3-8,10,17H,2,9H2,1H3. The van der Waals surface area contributed by atoms with Crippen molar-refractivity contribution in [1.82, 2.24) is 4.98 Å². The fraction of sp³-hybridized carbons (Fsp3) is 0.214. The lowest BCUT2D eigenvalue weighted by molar-refractivity contribution is 0.305. The van der Waals surface area contributed by atoms with Crippen molar-refractivity contribution in [3.8, 4) is 5.88 Å². The van der Waals surface area contributed by atoms with Crippen molar-refractivity contribution in [2.24, 2.45) is 0 Å². The predicted molar refractivity (Wildman–Crippen MR) is 74.8 cm³/mol. The lowest BCUT2D eigenvalue weighted by Gasteiger charge is -2.08. The Bertz CT molecular complexity index is 499. The van der Waals surface area contributed by atoms with E-state index in [2.05, 4.69) is 17.2 Å². The molecule has 0 saturated heterocycles. The molecule has 2 aromatic rings. The average molecular weight is 263 g/mol. The van der Waals surface area contributed by atoms with Gasteiger partial charge in [-0.15, -0.1) is 0 Å². The molecule has 3 nitrogen and oxygen atoms in total. The van der Waals surface area contributed by atoms with Gasteiger partial charge in [0.15, 0.2) is 0 Å². The number of para-hydroxylation sites is 1. The summed E-state index contributed by atoms with van der Waals surface area (Å²) < 4.78 is 5.42. The van der Waals surface area contributed by atoms with Crippen LogP contribution in [0.25, 0.3) is 0 Å². The van der Waals surface area contributed by atoms with E-state index in [1.54, 1.807) is 6.20 Å². The molecule has 0 bridgehead atoms. The molecule has 18 heavy (non-hydrogen) atoms. The number of rotatable bonds is 5. The maximum Gasteiger partial charge on any atom is 0.213 e. The normalized spacial score (nSPS) is 10.1. The van der Waals surface area contributed by atoms with Crippen LogP contribution in [0.4, 0.5) is 11.4 Å². The highest BCUT2D eigenvalue weighted by Gasteiger charge is 2.00. The predicted octanol–water partition coefficient (Wildman–Crippen LogP) is 4.27. The topological polar surface area (TPSA) is 34.1 Å². The molecule has 4 heteroatoms. The number of anilines is 2. The second-order valence-electron chi connectivity index (χ2n) is 3.84. The quantitative estimate of drug-likeness (QED) is 0.874. The molecule has 1 aromatic heterocycles. The molecular formula is C14H15ClN2O. The molecular weight excluding hydrogens is 248 g/mol. The van der Waals surface area contributed by atoms with E-state index in [1.807, 2.05) is 36.4 Å². The van der Waals surface area contributed by atoms with Gasteiger partial charge in [0, 0.05) is 6.07 Å². The fourth-order valence-electron chi connectivity index (χ4n) is 1.46. The highest BCUT2D eigenvalue weighted by Crippen LogP contribution is 2.24.